The topological polar surface area (TPSA) is 69.6 Å². The van der Waals surface area contributed by atoms with Crippen LogP contribution in [-0.2, 0) is 4.79 Å². The quantitative estimate of drug-likeness (QED) is 0.788. The molecule has 1 aromatic carbocycles. The maximum absolute atomic E-state index is 13.6. The Balaban J connectivity index is 2.71. The Bertz CT molecular complexity index is 588. The number of carbonyl (C=O) groups excluding carboxylic acids is 2. The molecule has 0 aliphatic rings. The maximum Gasteiger partial charge on any atom is 0.254 e. The lowest BCUT2D eigenvalue weighted by molar-refractivity contribution is -0.128. The van der Waals surface area contributed by atoms with E-state index in [9.17, 15) is 14.0 Å². The molecule has 21 heavy (non-hydrogen) atoms. The Morgan fingerprint density at radius 1 is 1.38 bits per heavy atom. The van der Waals surface area contributed by atoms with Gasteiger partial charge in [0.1, 0.15) is 12.4 Å². The Morgan fingerprint density at radius 2 is 2.10 bits per heavy atom. The first kappa shape index (κ1) is 16.7. The van der Waals surface area contributed by atoms with Crippen molar-refractivity contribution in [2.24, 2.45) is 0 Å². The van der Waals surface area contributed by atoms with Crippen LogP contribution in [0.2, 0.25) is 0 Å². The molecular formula is C15H17FN2O3. The van der Waals surface area contributed by atoms with Gasteiger partial charge in [-0.05, 0) is 18.2 Å². The number of carbonyl (C=O) groups is 2. The van der Waals surface area contributed by atoms with E-state index in [0.717, 1.165) is 6.07 Å². The molecule has 2 N–H and O–H groups in total. The van der Waals surface area contributed by atoms with Crippen molar-refractivity contribution in [3.8, 4) is 11.8 Å². The summed E-state index contributed by atoms with van der Waals surface area (Å²) >= 11 is 0. The van der Waals surface area contributed by atoms with Crippen LogP contribution < -0.4 is 5.32 Å². The van der Waals surface area contributed by atoms with E-state index < -0.39 is 11.7 Å². The zero-order chi connectivity index (χ0) is 15.8. The minimum absolute atomic E-state index is 0.127. The molecule has 0 fully saturated rings. The highest BCUT2D eigenvalue weighted by Crippen LogP contribution is 2.10. The number of aliphatic hydroxyl groups is 1. The molecule has 2 amide bonds. The summed E-state index contributed by atoms with van der Waals surface area (Å²) in [4.78, 5) is 24.6. The number of amides is 2. The second-order valence-corrected chi connectivity index (χ2v) is 4.45. The molecule has 6 heteroatoms. The molecule has 0 bridgehead atoms. The maximum atomic E-state index is 13.6. The number of rotatable bonds is 4. The summed E-state index contributed by atoms with van der Waals surface area (Å²) in [5.41, 5.74) is 0.289. The fraction of sp³-hybridized carbons (Fsp3) is 0.333. The Morgan fingerprint density at radius 3 is 2.71 bits per heavy atom. The largest absolute Gasteiger partial charge is 0.384 e. The van der Waals surface area contributed by atoms with Crippen molar-refractivity contribution in [1.29, 1.82) is 0 Å². The predicted octanol–water partition coefficient (Wildman–Crippen LogP) is 0.378. The van der Waals surface area contributed by atoms with Gasteiger partial charge in [-0.2, -0.15) is 0 Å². The lowest BCUT2D eigenvalue weighted by Crippen LogP contribution is -2.30. The minimum Gasteiger partial charge on any atom is -0.384 e. The summed E-state index contributed by atoms with van der Waals surface area (Å²) < 4.78 is 13.6. The van der Waals surface area contributed by atoms with Crippen molar-refractivity contribution in [2.75, 3.05) is 27.2 Å². The average Bonchev–Trinajstić information content (AvgIpc) is 2.45. The zero-order valence-corrected chi connectivity index (χ0v) is 11.9. The van der Waals surface area contributed by atoms with E-state index in [2.05, 4.69) is 17.2 Å². The second-order valence-electron chi connectivity index (χ2n) is 4.45. The van der Waals surface area contributed by atoms with Crippen LogP contribution in [0.25, 0.3) is 0 Å². The monoisotopic (exact) mass is 292 g/mol. The Labute approximate surface area is 122 Å². The number of hydrogen-bond acceptors (Lipinski definition) is 3. The van der Waals surface area contributed by atoms with Crippen LogP contribution in [-0.4, -0.2) is 49.1 Å². The minimum atomic E-state index is -0.666. The van der Waals surface area contributed by atoms with Crippen LogP contribution in [0.3, 0.4) is 0 Å². The lowest BCUT2D eigenvalue weighted by Gasteiger charge is -2.10. The number of halogens is 1. The summed E-state index contributed by atoms with van der Waals surface area (Å²) in [6, 6.07) is 3.87. The summed E-state index contributed by atoms with van der Waals surface area (Å²) in [5, 5.41) is 11.1. The van der Waals surface area contributed by atoms with E-state index in [1.807, 2.05) is 0 Å². The van der Waals surface area contributed by atoms with Crippen LogP contribution in [0.15, 0.2) is 18.2 Å². The second kappa shape index (κ2) is 8.02. The van der Waals surface area contributed by atoms with E-state index in [1.165, 1.54) is 17.0 Å². The number of nitrogens with one attached hydrogen (secondary N) is 1. The first-order valence-electron chi connectivity index (χ1n) is 6.33. The summed E-state index contributed by atoms with van der Waals surface area (Å²) in [5.74, 6) is 3.62. The van der Waals surface area contributed by atoms with E-state index in [4.69, 9.17) is 5.11 Å². The first-order chi connectivity index (χ1) is 9.95. The first-order valence-corrected chi connectivity index (χ1v) is 6.33. The summed E-state index contributed by atoms with van der Waals surface area (Å²) in [7, 11) is 3.24. The highest BCUT2D eigenvalue weighted by atomic mass is 19.1. The number of hydrogen-bond donors (Lipinski definition) is 2. The third-order valence-electron chi connectivity index (χ3n) is 2.65. The van der Waals surface area contributed by atoms with Gasteiger partial charge in [0.05, 0.1) is 5.56 Å². The van der Waals surface area contributed by atoms with Crippen molar-refractivity contribution in [3.05, 3.63) is 35.1 Å². The van der Waals surface area contributed by atoms with Gasteiger partial charge in [0, 0.05) is 32.6 Å². The van der Waals surface area contributed by atoms with Crippen LogP contribution in [0.5, 0.6) is 0 Å². The van der Waals surface area contributed by atoms with Gasteiger partial charge in [0.2, 0.25) is 5.91 Å². The van der Waals surface area contributed by atoms with E-state index in [-0.39, 0.29) is 31.0 Å². The Kier molecular flexibility index (Phi) is 6.37. The molecule has 0 aliphatic carbocycles. The van der Waals surface area contributed by atoms with Crippen molar-refractivity contribution in [3.63, 3.8) is 0 Å². The SMILES string of the molecule is CN(C)C(=O)CCNC(=O)c1cc(C#CCO)ccc1F. The number of aliphatic hydroxyl groups excluding tert-OH is 1. The molecule has 112 valence electrons. The van der Waals surface area contributed by atoms with Gasteiger partial charge in [0.25, 0.3) is 5.91 Å². The molecule has 0 unspecified atom stereocenters. The van der Waals surface area contributed by atoms with E-state index in [1.54, 1.807) is 14.1 Å². The highest BCUT2D eigenvalue weighted by molar-refractivity contribution is 5.95. The summed E-state index contributed by atoms with van der Waals surface area (Å²) in [6.07, 6.45) is 0.143. The van der Waals surface area contributed by atoms with Gasteiger partial charge < -0.3 is 15.3 Å². The third-order valence-corrected chi connectivity index (χ3v) is 2.65. The molecule has 5 nitrogen and oxygen atoms in total. The predicted molar refractivity (Wildman–Crippen MR) is 76.0 cm³/mol. The van der Waals surface area contributed by atoms with Crippen LogP contribution in [0.4, 0.5) is 4.39 Å². The van der Waals surface area contributed by atoms with Crippen molar-refractivity contribution >= 4 is 11.8 Å². The molecule has 0 aliphatic heterocycles. The molecule has 1 rings (SSSR count). The molecular weight excluding hydrogens is 275 g/mol. The van der Waals surface area contributed by atoms with Gasteiger partial charge in [-0.3, -0.25) is 9.59 Å². The molecule has 0 atom stereocenters. The van der Waals surface area contributed by atoms with Gasteiger partial charge >= 0.3 is 0 Å². The smallest absolute Gasteiger partial charge is 0.254 e. The van der Waals surface area contributed by atoms with Gasteiger partial charge in [-0.1, -0.05) is 11.8 Å². The van der Waals surface area contributed by atoms with Crippen molar-refractivity contribution < 1.29 is 19.1 Å². The van der Waals surface area contributed by atoms with Crippen molar-refractivity contribution in [1.82, 2.24) is 10.2 Å². The molecule has 0 heterocycles. The molecule has 0 spiro atoms. The Hall–Kier alpha value is -2.39. The molecule has 0 saturated heterocycles. The van der Waals surface area contributed by atoms with Crippen LogP contribution in [0, 0.1) is 17.7 Å². The highest BCUT2D eigenvalue weighted by Gasteiger charge is 2.12. The molecule has 0 saturated carbocycles. The van der Waals surface area contributed by atoms with Gasteiger partial charge in [-0.15, -0.1) is 0 Å². The van der Waals surface area contributed by atoms with Crippen LogP contribution in [0.1, 0.15) is 22.3 Å². The fourth-order valence-corrected chi connectivity index (χ4v) is 1.52. The molecule has 1 aromatic rings. The van der Waals surface area contributed by atoms with Gasteiger partial charge in [-0.25, -0.2) is 4.39 Å². The lowest BCUT2D eigenvalue weighted by atomic mass is 10.1. The van der Waals surface area contributed by atoms with Crippen molar-refractivity contribution in [2.45, 2.75) is 6.42 Å². The van der Waals surface area contributed by atoms with E-state index >= 15 is 0 Å². The number of nitrogens with zero attached hydrogens (tertiary/aromatic N) is 1. The fourth-order valence-electron chi connectivity index (χ4n) is 1.52. The standard InChI is InChI=1S/C15H17FN2O3/c1-18(2)14(20)7-8-17-15(21)12-10-11(4-3-9-19)5-6-13(12)16/h5-6,10,19H,7-9H2,1-2H3,(H,17,21). The normalized spacial score (nSPS) is 9.52. The van der Waals surface area contributed by atoms with Gasteiger partial charge in [0.15, 0.2) is 0 Å². The number of benzene rings is 1. The summed E-state index contributed by atoms with van der Waals surface area (Å²) in [6.45, 7) is -0.187. The average molecular weight is 292 g/mol. The van der Waals surface area contributed by atoms with Crippen LogP contribution >= 0.6 is 0 Å². The zero-order valence-electron chi connectivity index (χ0n) is 11.9. The van der Waals surface area contributed by atoms with E-state index in [0.29, 0.717) is 5.56 Å². The third kappa shape index (κ3) is 5.24. The molecule has 0 radical (unpaired) electrons. The molecule has 0 aromatic heterocycles.